The van der Waals surface area contributed by atoms with Crippen molar-refractivity contribution in [1.82, 2.24) is 14.8 Å². The zero-order chi connectivity index (χ0) is 30.5. The van der Waals surface area contributed by atoms with E-state index in [9.17, 15) is 4.79 Å². The number of benzene rings is 1. The van der Waals surface area contributed by atoms with Gasteiger partial charge in [-0.15, -0.1) is 0 Å². The van der Waals surface area contributed by atoms with Gasteiger partial charge >= 0.3 is 0 Å². The molecule has 3 N–H and O–H groups in total. The molecule has 9 heteroatoms. The highest BCUT2D eigenvalue weighted by atomic mass is 16.5. The Kier molecular flexibility index (Phi) is 9.92. The van der Waals surface area contributed by atoms with Crippen molar-refractivity contribution in [3.63, 3.8) is 0 Å². The number of methoxy groups -OCH3 is 1. The van der Waals surface area contributed by atoms with E-state index in [0.29, 0.717) is 18.6 Å². The Labute approximate surface area is 261 Å². The average molecular weight is 604 g/mol. The van der Waals surface area contributed by atoms with E-state index in [1.807, 2.05) is 25.1 Å². The van der Waals surface area contributed by atoms with Gasteiger partial charge in [-0.2, -0.15) is 0 Å². The Morgan fingerprint density at radius 3 is 2.48 bits per heavy atom. The number of piperidine rings is 1. The number of hydrogen-bond donors (Lipinski definition) is 2. The fourth-order valence-corrected chi connectivity index (χ4v) is 7.33. The van der Waals surface area contributed by atoms with Crippen LogP contribution in [0, 0.1) is 18.8 Å². The maximum atomic E-state index is 11.6. The van der Waals surface area contributed by atoms with Crippen LogP contribution in [0.4, 0.5) is 5.69 Å². The van der Waals surface area contributed by atoms with E-state index in [2.05, 4.69) is 27.2 Å². The molecule has 238 valence electrons. The molecule has 6 rings (SSSR count). The molecule has 2 aromatic heterocycles. The number of ether oxygens (including phenoxy) is 2. The maximum absolute atomic E-state index is 11.6. The Bertz CT molecular complexity index is 1400. The topological polar surface area (TPSA) is 106 Å². The van der Waals surface area contributed by atoms with E-state index < -0.39 is 0 Å². The van der Waals surface area contributed by atoms with E-state index in [0.717, 1.165) is 116 Å². The third-order valence-corrected chi connectivity index (χ3v) is 10.0. The second-order valence-corrected chi connectivity index (χ2v) is 13.0. The molecule has 0 spiro atoms. The monoisotopic (exact) mass is 603 g/mol. The van der Waals surface area contributed by atoms with Crippen LogP contribution in [-0.4, -0.2) is 79.7 Å². The van der Waals surface area contributed by atoms with Crippen molar-refractivity contribution in [3.8, 4) is 23.0 Å². The molecule has 0 unspecified atom stereocenters. The van der Waals surface area contributed by atoms with Crippen LogP contribution in [0.5, 0.6) is 11.5 Å². The number of aryl methyl sites for hydroxylation is 1. The zero-order valence-corrected chi connectivity index (χ0v) is 26.5. The summed E-state index contributed by atoms with van der Waals surface area (Å²) in [5.74, 6) is 3.61. The first-order valence-corrected chi connectivity index (χ1v) is 16.7. The van der Waals surface area contributed by atoms with Crippen LogP contribution >= 0.6 is 0 Å². The van der Waals surface area contributed by atoms with E-state index in [-0.39, 0.29) is 11.8 Å². The fourth-order valence-electron chi connectivity index (χ4n) is 7.33. The predicted molar refractivity (Wildman–Crippen MR) is 174 cm³/mol. The molecule has 0 atom stereocenters. The summed E-state index contributed by atoms with van der Waals surface area (Å²) in [7, 11) is 1.70. The first kappa shape index (κ1) is 30.7. The summed E-state index contributed by atoms with van der Waals surface area (Å²) in [4.78, 5) is 21.7. The number of hydrogen-bond acceptors (Lipinski definition) is 8. The highest BCUT2D eigenvalue weighted by Gasteiger charge is 2.30. The summed E-state index contributed by atoms with van der Waals surface area (Å²) in [5.41, 5.74) is 8.25. The minimum Gasteiger partial charge on any atom is -0.493 e. The number of aromatic nitrogens is 1. The molecule has 0 radical (unpaired) electrons. The number of likely N-dealkylation sites (tertiary alicyclic amines) is 2. The van der Waals surface area contributed by atoms with Crippen molar-refractivity contribution in [3.05, 3.63) is 36.1 Å². The van der Waals surface area contributed by atoms with Crippen LogP contribution in [0.2, 0.25) is 0 Å². The highest BCUT2D eigenvalue weighted by Crippen LogP contribution is 2.38. The first-order valence-electron chi connectivity index (χ1n) is 16.7. The minimum atomic E-state index is -0.128. The van der Waals surface area contributed by atoms with Gasteiger partial charge in [0, 0.05) is 42.2 Å². The third kappa shape index (κ3) is 7.32. The molecule has 2 aliphatic heterocycles. The van der Waals surface area contributed by atoms with Crippen molar-refractivity contribution in [2.24, 2.45) is 17.6 Å². The number of nitrogens with zero attached hydrogens (tertiary/aromatic N) is 3. The van der Waals surface area contributed by atoms with Gasteiger partial charge in [0.05, 0.1) is 19.2 Å². The second-order valence-electron chi connectivity index (χ2n) is 13.0. The quantitative estimate of drug-likeness (QED) is 0.249. The van der Waals surface area contributed by atoms with Crippen LogP contribution in [0.3, 0.4) is 0 Å². The lowest BCUT2D eigenvalue weighted by Crippen LogP contribution is -2.45. The lowest BCUT2D eigenvalue weighted by atomic mass is 9.83. The number of furan rings is 1. The molecule has 1 aliphatic carbocycles. The largest absolute Gasteiger partial charge is 0.493 e. The summed E-state index contributed by atoms with van der Waals surface area (Å²) in [6, 6.07) is 10.7. The number of nitrogens with two attached hydrogens (primary N) is 1. The number of pyridine rings is 1. The van der Waals surface area contributed by atoms with Crippen molar-refractivity contribution in [2.75, 3.05) is 58.3 Å². The minimum absolute atomic E-state index is 0.0687. The lowest BCUT2D eigenvalue weighted by molar-refractivity contribution is -0.123. The van der Waals surface area contributed by atoms with Crippen molar-refractivity contribution in [1.29, 1.82) is 0 Å². The van der Waals surface area contributed by atoms with Gasteiger partial charge in [0.15, 0.2) is 17.3 Å². The standard InChI is InChI=1S/C35H49N5O4/c1-24-6-11-32(44-24)31-21-29(37-23-25-12-17-40(18-13-25)27-9-7-26(8-10-27)35(36)41)28-20-33(42-2)34(22-30(28)38-31)43-19-5-16-39-14-3-4-15-39/h6,11,20-22,25-27H,3-5,7-10,12-19,23H2,1-2H3,(H2,36,41)(H,37,38). The molecule has 1 aromatic carbocycles. The molecule has 1 amide bonds. The molecular formula is C35H49N5O4. The first-order chi connectivity index (χ1) is 21.5. The number of primary amides is 1. The normalized spacial score (nSPS) is 22.0. The lowest BCUT2D eigenvalue weighted by Gasteiger charge is -2.40. The van der Waals surface area contributed by atoms with E-state index in [4.69, 9.17) is 24.6 Å². The van der Waals surface area contributed by atoms with Gasteiger partial charge < -0.3 is 34.7 Å². The van der Waals surface area contributed by atoms with Crippen molar-refractivity contribution < 1.29 is 18.7 Å². The van der Waals surface area contributed by atoms with Gasteiger partial charge in [-0.3, -0.25) is 4.79 Å². The van der Waals surface area contributed by atoms with E-state index in [1.54, 1.807) is 7.11 Å². The molecule has 3 aromatic rings. The molecule has 1 saturated carbocycles. The van der Waals surface area contributed by atoms with E-state index in [1.165, 1.54) is 25.9 Å². The van der Waals surface area contributed by atoms with Crippen LogP contribution in [-0.2, 0) is 4.79 Å². The van der Waals surface area contributed by atoms with Crippen LogP contribution < -0.4 is 20.5 Å². The smallest absolute Gasteiger partial charge is 0.220 e. The summed E-state index contributed by atoms with van der Waals surface area (Å²) in [5, 5.41) is 4.80. The Morgan fingerprint density at radius 1 is 1.02 bits per heavy atom. The summed E-state index contributed by atoms with van der Waals surface area (Å²) >= 11 is 0. The van der Waals surface area contributed by atoms with Crippen LogP contribution in [0.25, 0.3) is 22.4 Å². The number of anilines is 1. The SMILES string of the molecule is COc1cc2c(NCC3CCN(C4CCC(C(N)=O)CC4)CC3)cc(-c3ccc(C)o3)nc2cc1OCCCN1CCCC1. The molecule has 9 nitrogen and oxygen atoms in total. The van der Waals surface area contributed by atoms with Crippen LogP contribution in [0.15, 0.2) is 34.7 Å². The number of carbonyl (C=O) groups excluding carboxylic acids is 1. The number of fused-ring (bicyclic) bond motifs is 1. The van der Waals surface area contributed by atoms with Crippen LogP contribution in [0.1, 0.15) is 63.5 Å². The maximum Gasteiger partial charge on any atom is 0.220 e. The van der Waals surface area contributed by atoms with Gasteiger partial charge in [0.2, 0.25) is 5.91 Å². The van der Waals surface area contributed by atoms with Gasteiger partial charge in [-0.25, -0.2) is 4.98 Å². The van der Waals surface area contributed by atoms with Crippen molar-refractivity contribution >= 4 is 22.5 Å². The van der Waals surface area contributed by atoms with Gasteiger partial charge in [-0.05, 0) is 121 Å². The zero-order valence-electron chi connectivity index (χ0n) is 26.5. The molecule has 3 aliphatic rings. The number of nitrogens with one attached hydrogen (secondary N) is 1. The molecule has 0 bridgehead atoms. The van der Waals surface area contributed by atoms with Gasteiger partial charge in [-0.1, -0.05) is 0 Å². The number of carbonyl (C=O) groups is 1. The number of rotatable bonds is 12. The molecule has 3 fully saturated rings. The summed E-state index contributed by atoms with van der Waals surface area (Å²) in [6.07, 6.45) is 9.95. The van der Waals surface area contributed by atoms with Gasteiger partial charge in [0.25, 0.3) is 0 Å². The van der Waals surface area contributed by atoms with Gasteiger partial charge in [0.1, 0.15) is 11.5 Å². The molecule has 44 heavy (non-hydrogen) atoms. The highest BCUT2D eigenvalue weighted by molar-refractivity contribution is 5.95. The Balaban J connectivity index is 1.13. The second kappa shape index (κ2) is 14.2. The van der Waals surface area contributed by atoms with E-state index >= 15 is 0 Å². The molecule has 4 heterocycles. The fraction of sp³-hybridized carbons (Fsp3) is 0.600. The summed E-state index contributed by atoms with van der Waals surface area (Å²) < 4.78 is 18.0. The molecule has 2 saturated heterocycles. The third-order valence-electron chi connectivity index (χ3n) is 10.0. The van der Waals surface area contributed by atoms with Crippen molar-refractivity contribution in [2.45, 2.75) is 70.8 Å². The average Bonchev–Trinajstić information content (AvgIpc) is 3.73. The molecular weight excluding hydrogens is 554 g/mol. The summed E-state index contributed by atoms with van der Waals surface area (Å²) in [6.45, 7) is 9.19. The Morgan fingerprint density at radius 2 is 1.80 bits per heavy atom. The Hall–Kier alpha value is -3.30. The number of amides is 1. The predicted octanol–water partition coefficient (Wildman–Crippen LogP) is 5.84.